The van der Waals surface area contributed by atoms with Gasteiger partial charge < -0.3 is 19.9 Å². The van der Waals surface area contributed by atoms with Gasteiger partial charge in [0.1, 0.15) is 17.8 Å². The molecular weight excluding hydrogens is 282 g/mol. The van der Waals surface area contributed by atoms with E-state index in [2.05, 4.69) is 6.08 Å². The van der Waals surface area contributed by atoms with Gasteiger partial charge in [0.25, 0.3) is 0 Å². The van der Waals surface area contributed by atoms with Crippen molar-refractivity contribution in [1.29, 1.82) is 0 Å². The van der Waals surface area contributed by atoms with Crippen LogP contribution in [-0.4, -0.2) is 43.0 Å². The van der Waals surface area contributed by atoms with Gasteiger partial charge in [0.2, 0.25) is 0 Å². The number of ether oxygens (including phenoxy) is 3. The normalized spacial score (nSPS) is 47.1. The van der Waals surface area contributed by atoms with Crippen molar-refractivity contribution in [2.75, 3.05) is 13.7 Å². The maximum atomic E-state index is 12.2. The fourth-order valence-corrected chi connectivity index (χ4v) is 4.45. The lowest BCUT2D eigenvalue weighted by molar-refractivity contribution is -0.142. The Kier molecular flexibility index (Phi) is 3.45. The average molecular weight is 307 g/mol. The number of nitrogens with two attached hydrogens (primary N) is 1. The number of carbonyl (C=O) groups excluding carboxylic acids is 1. The molecule has 2 saturated carbocycles. The Bertz CT molecular complexity index is 505. The highest BCUT2D eigenvalue weighted by Crippen LogP contribution is 2.56. The van der Waals surface area contributed by atoms with Crippen LogP contribution in [0, 0.1) is 5.92 Å². The van der Waals surface area contributed by atoms with Crippen LogP contribution in [0.5, 0.6) is 0 Å². The molecule has 5 unspecified atom stereocenters. The first kappa shape index (κ1) is 14.8. The van der Waals surface area contributed by atoms with Crippen LogP contribution < -0.4 is 5.73 Å². The Hall–Kier alpha value is -0.750. The van der Waals surface area contributed by atoms with E-state index < -0.39 is 11.8 Å². The van der Waals surface area contributed by atoms with Crippen molar-refractivity contribution >= 4 is 5.78 Å². The molecule has 22 heavy (non-hydrogen) atoms. The fourth-order valence-electron chi connectivity index (χ4n) is 4.45. The van der Waals surface area contributed by atoms with Gasteiger partial charge in [-0.25, -0.2) is 0 Å². The van der Waals surface area contributed by atoms with Gasteiger partial charge in [-0.05, 0) is 38.5 Å². The molecule has 2 aliphatic heterocycles. The van der Waals surface area contributed by atoms with Crippen LogP contribution in [-0.2, 0) is 19.0 Å². The molecule has 4 fully saturated rings. The number of methoxy groups -OCH3 is 1. The summed E-state index contributed by atoms with van der Waals surface area (Å²) in [7, 11) is 1.58. The summed E-state index contributed by atoms with van der Waals surface area (Å²) < 4.78 is 17.1. The smallest absolute Gasteiger partial charge is 0.162 e. The molecule has 122 valence electrons. The van der Waals surface area contributed by atoms with Crippen molar-refractivity contribution in [1.82, 2.24) is 0 Å². The van der Waals surface area contributed by atoms with Crippen LogP contribution in [0.1, 0.15) is 44.9 Å². The van der Waals surface area contributed by atoms with Crippen LogP contribution in [0.4, 0.5) is 0 Å². The van der Waals surface area contributed by atoms with Gasteiger partial charge in [-0.1, -0.05) is 11.6 Å². The molecule has 5 heteroatoms. The van der Waals surface area contributed by atoms with Crippen LogP contribution in [0.3, 0.4) is 0 Å². The second-order valence-electron chi connectivity index (χ2n) is 7.22. The Labute approximate surface area is 131 Å². The van der Waals surface area contributed by atoms with E-state index in [0.717, 1.165) is 12.8 Å². The molecule has 0 aromatic carbocycles. The topological polar surface area (TPSA) is 77.4 Å². The van der Waals surface area contributed by atoms with Gasteiger partial charge in [0, 0.05) is 13.5 Å². The Morgan fingerprint density at radius 1 is 1.36 bits per heavy atom. The Morgan fingerprint density at radius 3 is 2.73 bits per heavy atom. The van der Waals surface area contributed by atoms with Crippen molar-refractivity contribution < 1.29 is 19.0 Å². The lowest BCUT2D eigenvalue weighted by atomic mass is 9.71. The summed E-state index contributed by atoms with van der Waals surface area (Å²) in [6.45, 7) is 0.668. The highest BCUT2D eigenvalue weighted by Gasteiger charge is 2.72. The molecule has 0 amide bonds. The zero-order valence-electron chi connectivity index (χ0n) is 13.2. The highest BCUT2D eigenvalue weighted by atomic mass is 16.6. The molecule has 5 nitrogen and oxygen atoms in total. The van der Waals surface area contributed by atoms with Gasteiger partial charge >= 0.3 is 0 Å². The number of epoxide rings is 2. The minimum Gasteiger partial charge on any atom is -0.373 e. The van der Waals surface area contributed by atoms with E-state index in [-0.39, 0.29) is 23.4 Å². The minimum atomic E-state index is -0.775. The van der Waals surface area contributed by atoms with E-state index in [4.69, 9.17) is 19.9 Å². The standard InChI is InChI=1S/C17H25NO4/c1-20-14-12(19)8-9-16(10-21-16)15(14)17(18)13(22-17)7-6-11-4-2-3-5-11/h6,13-15H,2-5,7-10,18H2,1H3. The zero-order valence-corrected chi connectivity index (χ0v) is 13.2. The number of ketones is 1. The molecule has 1 spiro atoms. The molecule has 0 radical (unpaired) electrons. The molecule has 2 aliphatic carbocycles. The fraction of sp³-hybridized carbons (Fsp3) is 0.824. The SMILES string of the molecule is COC1C(=O)CCC2(CO2)C1C1(N)OC1CC=C1CCCC1. The number of hydrogen-bond acceptors (Lipinski definition) is 5. The van der Waals surface area contributed by atoms with Crippen LogP contribution in [0.2, 0.25) is 0 Å². The molecule has 5 atom stereocenters. The van der Waals surface area contributed by atoms with Gasteiger partial charge in [0.05, 0.1) is 12.5 Å². The second-order valence-corrected chi connectivity index (χ2v) is 7.22. The maximum Gasteiger partial charge on any atom is 0.162 e. The van der Waals surface area contributed by atoms with Gasteiger partial charge in [-0.2, -0.15) is 0 Å². The third kappa shape index (κ3) is 2.26. The van der Waals surface area contributed by atoms with Gasteiger partial charge in [-0.3, -0.25) is 4.79 Å². The second kappa shape index (κ2) is 5.13. The van der Waals surface area contributed by atoms with Gasteiger partial charge in [-0.15, -0.1) is 0 Å². The number of allylic oxidation sites excluding steroid dienone is 1. The van der Waals surface area contributed by atoms with Crippen LogP contribution in [0.15, 0.2) is 11.6 Å². The first-order valence-corrected chi connectivity index (χ1v) is 8.43. The first-order chi connectivity index (χ1) is 10.6. The largest absolute Gasteiger partial charge is 0.373 e. The van der Waals surface area contributed by atoms with Crippen molar-refractivity contribution in [3.63, 3.8) is 0 Å². The zero-order chi connectivity index (χ0) is 15.4. The number of Topliss-reactive ketones (excluding diaryl/α,β-unsaturated/α-hetero) is 1. The molecule has 4 rings (SSSR count). The van der Waals surface area contributed by atoms with E-state index in [1.807, 2.05) is 0 Å². The summed E-state index contributed by atoms with van der Waals surface area (Å²) >= 11 is 0. The van der Waals surface area contributed by atoms with Crippen molar-refractivity contribution in [2.45, 2.75) is 68.5 Å². The van der Waals surface area contributed by atoms with Crippen molar-refractivity contribution in [3.8, 4) is 0 Å². The quantitative estimate of drug-likeness (QED) is 0.632. The van der Waals surface area contributed by atoms with Gasteiger partial charge in [0.15, 0.2) is 11.5 Å². The molecule has 2 heterocycles. The molecule has 4 aliphatic rings. The van der Waals surface area contributed by atoms with Crippen LogP contribution >= 0.6 is 0 Å². The average Bonchev–Trinajstić information content (AvgIpc) is 3.35. The predicted molar refractivity (Wildman–Crippen MR) is 80.2 cm³/mol. The predicted octanol–water partition coefficient (Wildman–Crippen LogP) is 1.69. The van der Waals surface area contributed by atoms with E-state index in [1.165, 1.54) is 31.3 Å². The van der Waals surface area contributed by atoms with E-state index in [1.54, 1.807) is 7.11 Å². The molecule has 2 saturated heterocycles. The van der Waals surface area contributed by atoms with Crippen molar-refractivity contribution in [3.05, 3.63) is 11.6 Å². The summed E-state index contributed by atoms with van der Waals surface area (Å²) in [6.07, 6.45) is 8.88. The first-order valence-electron chi connectivity index (χ1n) is 8.43. The number of hydrogen-bond donors (Lipinski definition) is 1. The Balaban J connectivity index is 1.50. The van der Waals surface area contributed by atoms with E-state index in [0.29, 0.717) is 13.0 Å². The number of carbonyl (C=O) groups is 1. The number of rotatable bonds is 4. The maximum absolute atomic E-state index is 12.2. The Morgan fingerprint density at radius 2 is 2.09 bits per heavy atom. The lowest BCUT2D eigenvalue weighted by Gasteiger charge is -2.37. The third-order valence-corrected chi connectivity index (χ3v) is 5.90. The van der Waals surface area contributed by atoms with Crippen molar-refractivity contribution in [2.24, 2.45) is 11.7 Å². The molecular formula is C17H25NO4. The summed E-state index contributed by atoms with van der Waals surface area (Å²) in [5.74, 6) is -0.0555. The molecule has 0 bridgehead atoms. The van der Waals surface area contributed by atoms with Crippen LogP contribution in [0.25, 0.3) is 0 Å². The summed E-state index contributed by atoms with van der Waals surface area (Å²) in [4.78, 5) is 12.2. The summed E-state index contributed by atoms with van der Waals surface area (Å²) in [6, 6.07) is 0. The lowest BCUT2D eigenvalue weighted by Crippen LogP contribution is -2.57. The van der Waals surface area contributed by atoms with E-state index in [9.17, 15) is 4.79 Å². The minimum absolute atomic E-state index is 0.0183. The van der Waals surface area contributed by atoms with E-state index >= 15 is 0 Å². The highest BCUT2D eigenvalue weighted by molar-refractivity contribution is 5.85. The molecule has 2 N–H and O–H groups in total. The summed E-state index contributed by atoms with van der Waals surface area (Å²) in [5, 5.41) is 0. The monoisotopic (exact) mass is 307 g/mol. The summed E-state index contributed by atoms with van der Waals surface area (Å²) in [5.41, 5.74) is 6.99. The third-order valence-electron chi connectivity index (χ3n) is 5.90. The molecule has 0 aromatic rings. The molecule has 0 aromatic heterocycles.